The van der Waals surface area contributed by atoms with Crippen LogP contribution in [0.3, 0.4) is 0 Å². The summed E-state index contributed by atoms with van der Waals surface area (Å²) < 4.78 is 13.7. The quantitative estimate of drug-likeness (QED) is 0.861. The minimum atomic E-state index is -0.275. The van der Waals surface area contributed by atoms with Crippen molar-refractivity contribution >= 4 is 29.0 Å². The van der Waals surface area contributed by atoms with Crippen LogP contribution < -0.4 is 5.32 Å². The number of thiazole rings is 1. The van der Waals surface area contributed by atoms with Gasteiger partial charge in [0.05, 0.1) is 5.25 Å². The summed E-state index contributed by atoms with van der Waals surface area (Å²) in [5.41, 5.74) is 1.85. The Morgan fingerprint density at radius 2 is 2.15 bits per heavy atom. The van der Waals surface area contributed by atoms with E-state index in [1.54, 1.807) is 23.5 Å². The van der Waals surface area contributed by atoms with Gasteiger partial charge >= 0.3 is 0 Å². The molecular weight excluding hydrogens is 295 g/mol. The van der Waals surface area contributed by atoms with Crippen LogP contribution in [-0.4, -0.2) is 16.1 Å². The fourth-order valence-corrected chi connectivity index (χ4v) is 3.54. The monoisotopic (exact) mass is 310 g/mol. The van der Waals surface area contributed by atoms with Gasteiger partial charge in [-0.05, 0) is 31.5 Å². The number of hydrogen-bond acceptors (Lipinski definition) is 4. The predicted octanol–water partition coefficient (Wildman–Crippen LogP) is 3.39. The standard InChI is InChI=1S/C14H15FN2OS2/c1-9-8-19-14(17-9)20-10(2)13(18)16-7-11-3-5-12(15)6-4-11/h3-6,8,10H,7H2,1-2H3,(H,16,18)/t10-/m1/s1. The fourth-order valence-electron chi connectivity index (χ4n) is 1.53. The lowest BCUT2D eigenvalue weighted by molar-refractivity contribution is -0.120. The Bertz CT molecular complexity index is 583. The maximum absolute atomic E-state index is 12.8. The molecule has 1 aromatic heterocycles. The van der Waals surface area contributed by atoms with E-state index >= 15 is 0 Å². The molecule has 0 bridgehead atoms. The molecule has 2 rings (SSSR count). The number of carbonyl (C=O) groups is 1. The second-order valence-corrected chi connectivity index (χ2v) is 6.81. The fraction of sp³-hybridized carbons (Fsp3) is 0.286. The molecule has 3 nitrogen and oxygen atoms in total. The van der Waals surface area contributed by atoms with Gasteiger partial charge in [0.25, 0.3) is 0 Å². The number of nitrogens with zero attached hydrogens (tertiary/aromatic N) is 1. The van der Waals surface area contributed by atoms with Crippen molar-refractivity contribution in [3.63, 3.8) is 0 Å². The van der Waals surface area contributed by atoms with Crippen LogP contribution in [0.2, 0.25) is 0 Å². The maximum Gasteiger partial charge on any atom is 0.233 e. The average Bonchev–Trinajstić information content (AvgIpc) is 2.83. The zero-order valence-corrected chi connectivity index (χ0v) is 12.9. The molecule has 0 aliphatic carbocycles. The smallest absolute Gasteiger partial charge is 0.233 e. The lowest BCUT2D eigenvalue weighted by Crippen LogP contribution is -2.30. The van der Waals surface area contributed by atoms with Crippen LogP contribution >= 0.6 is 23.1 Å². The molecule has 0 aliphatic heterocycles. The lowest BCUT2D eigenvalue weighted by atomic mass is 10.2. The van der Waals surface area contributed by atoms with Gasteiger partial charge in [-0.3, -0.25) is 4.79 Å². The first-order valence-electron chi connectivity index (χ1n) is 6.15. The van der Waals surface area contributed by atoms with E-state index in [0.717, 1.165) is 15.6 Å². The van der Waals surface area contributed by atoms with Gasteiger partial charge < -0.3 is 5.32 Å². The number of aromatic nitrogens is 1. The molecule has 2 aromatic rings. The minimum Gasteiger partial charge on any atom is -0.351 e. The Morgan fingerprint density at radius 1 is 1.45 bits per heavy atom. The van der Waals surface area contributed by atoms with Crippen molar-refractivity contribution in [3.8, 4) is 0 Å². The summed E-state index contributed by atoms with van der Waals surface area (Å²) in [4.78, 5) is 16.3. The summed E-state index contributed by atoms with van der Waals surface area (Å²) >= 11 is 2.99. The van der Waals surface area contributed by atoms with E-state index in [1.807, 2.05) is 19.2 Å². The number of nitrogens with one attached hydrogen (secondary N) is 1. The average molecular weight is 310 g/mol. The number of rotatable bonds is 5. The number of amides is 1. The zero-order chi connectivity index (χ0) is 14.5. The third-order valence-corrected chi connectivity index (χ3v) is 4.81. The molecule has 0 saturated heterocycles. The topological polar surface area (TPSA) is 42.0 Å². The van der Waals surface area contributed by atoms with Crippen molar-refractivity contribution in [1.29, 1.82) is 0 Å². The molecule has 0 radical (unpaired) electrons. The third-order valence-electron chi connectivity index (χ3n) is 2.62. The normalized spacial score (nSPS) is 12.2. The van der Waals surface area contributed by atoms with Crippen LogP contribution in [0.4, 0.5) is 4.39 Å². The second kappa shape index (κ2) is 6.85. The van der Waals surface area contributed by atoms with Crippen LogP contribution in [0.25, 0.3) is 0 Å². The van der Waals surface area contributed by atoms with Gasteiger partial charge in [-0.25, -0.2) is 9.37 Å². The van der Waals surface area contributed by atoms with Crippen LogP contribution in [0.5, 0.6) is 0 Å². The lowest BCUT2D eigenvalue weighted by Gasteiger charge is -2.10. The van der Waals surface area contributed by atoms with E-state index in [9.17, 15) is 9.18 Å². The zero-order valence-electron chi connectivity index (χ0n) is 11.2. The second-order valence-electron chi connectivity index (χ2n) is 4.36. The SMILES string of the molecule is Cc1csc(S[C@H](C)C(=O)NCc2ccc(F)cc2)n1. The molecule has 1 N–H and O–H groups in total. The van der Waals surface area contributed by atoms with Gasteiger partial charge in [-0.2, -0.15) is 0 Å². The summed E-state index contributed by atoms with van der Waals surface area (Å²) in [5, 5.41) is 4.60. The number of halogens is 1. The van der Waals surface area contributed by atoms with Gasteiger partial charge in [0.1, 0.15) is 5.82 Å². The first-order valence-corrected chi connectivity index (χ1v) is 7.91. The Kier molecular flexibility index (Phi) is 5.14. The Hall–Kier alpha value is -1.40. The van der Waals surface area contributed by atoms with Gasteiger partial charge in [-0.15, -0.1) is 11.3 Å². The van der Waals surface area contributed by atoms with Crippen LogP contribution in [0.1, 0.15) is 18.2 Å². The van der Waals surface area contributed by atoms with Crippen molar-refractivity contribution < 1.29 is 9.18 Å². The van der Waals surface area contributed by atoms with Gasteiger partial charge in [-0.1, -0.05) is 23.9 Å². The maximum atomic E-state index is 12.8. The first-order chi connectivity index (χ1) is 9.54. The Balaban J connectivity index is 1.83. The van der Waals surface area contributed by atoms with Gasteiger partial charge in [0.15, 0.2) is 4.34 Å². The number of thioether (sulfide) groups is 1. The third kappa shape index (κ3) is 4.31. The highest BCUT2D eigenvalue weighted by atomic mass is 32.2. The van der Waals surface area contributed by atoms with Gasteiger partial charge in [0, 0.05) is 17.6 Å². The Labute approximate surface area is 125 Å². The molecule has 106 valence electrons. The number of benzene rings is 1. The molecule has 0 fully saturated rings. The molecule has 1 aromatic carbocycles. The molecule has 20 heavy (non-hydrogen) atoms. The number of hydrogen-bond donors (Lipinski definition) is 1. The number of carbonyl (C=O) groups excluding carboxylic acids is 1. The molecule has 1 amide bonds. The molecule has 0 spiro atoms. The highest BCUT2D eigenvalue weighted by Gasteiger charge is 2.15. The molecule has 0 saturated carbocycles. The molecule has 1 atom stereocenters. The van der Waals surface area contributed by atoms with Crippen molar-refractivity contribution in [2.45, 2.75) is 30.0 Å². The van der Waals surface area contributed by atoms with Gasteiger partial charge in [0.2, 0.25) is 5.91 Å². The van der Waals surface area contributed by atoms with E-state index in [0.29, 0.717) is 6.54 Å². The largest absolute Gasteiger partial charge is 0.351 e. The highest BCUT2D eigenvalue weighted by Crippen LogP contribution is 2.26. The van der Waals surface area contributed by atoms with E-state index in [4.69, 9.17) is 0 Å². The molecule has 0 unspecified atom stereocenters. The van der Waals surface area contributed by atoms with Crippen molar-refractivity contribution in [3.05, 3.63) is 46.7 Å². The molecule has 1 heterocycles. The van der Waals surface area contributed by atoms with E-state index in [1.165, 1.54) is 23.9 Å². The number of aryl methyl sites for hydroxylation is 1. The van der Waals surface area contributed by atoms with Crippen LogP contribution in [0, 0.1) is 12.7 Å². The Morgan fingerprint density at radius 3 is 2.75 bits per heavy atom. The highest BCUT2D eigenvalue weighted by molar-refractivity contribution is 8.02. The molecule has 0 aliphatic rings. The summed E-state index contributed by atoms with van der Waals surface area (Å²) in [7, 11) is 0. The predicted molar refractivity (Wildman–Crippen MR) is 80.4 cm³/mol. The summed E-state index contributed by atoms with van der Waals surface area (Å²) in [6.45, 7) is 4.18. The van der Waals surface area contributed by atoms with Crippen LogP contribution in [-0.2, 0) is 11.3 Å². The minimum absolute atomic E-state index is 0.0489. The van der Waals surface area contributed by atoms with Crippen molar-refractivity contribution in [2.75, 3.05) is 0 Å². The summed E-state index contributed by atoms with van der Waals surface area (Å²) in [5.74, 6) is -0.324. The van der Waals surface area contributed by atoms with E-state index in [-0.39, 0.29) is 17.0 Å². The summed E-state index contributed by atoms with van der Waals surface area (Å²) in [6, 6.07) is 6.10. The first kappa shape index (κ1) is 15.0. The van der Waals surface area contributed by atoms with Crippen molar-refractivity contribution in [2.24, 2.45) is 0 Å². The molecular formula is C14H15FN2OS2. The van der Waals surface area contributed by atoms with Crippen molar-refractivity contribution in [1.82, 2.24) is 10.3 Å². The van der Waals surface area contributed by atoms with Crippen LogP contribution in [0.15, 0.2) is 34.0 Å². The summed E-state index contributed by atoms with van der Waals surface area (Å²) in [6.07, 6.45) is 0. The van der Waals surface area contributed by atoms with E-state index in [2.05, 4.69) is 10.3 Å². The molecule has 6 heteroatoms. The van der Waals surface area contributed by atoms with E-state index < -0.39 is 0 Å².